The summed E-state index contributed by atoms with van der Waals surface area (Å²) in [6.07, 6.45) is 6.16. The van der Waals surface area contributed by atoms with Gasteiger partial charge in [0.15, 0.2) is 0 Å². The van der Waals surface area contributed by atoms with Crippen molar-refractivity contribution < 1.29 is 0 Å². The average Bonchev–Trinajstić information content (AvgIpc) is 2.85. The highest BCUT2D eigenvalue weighted by molar-refractivity contribution is 5.87. The zero-order valence-electron chi connectivity index (χ0n) is 14.1. The minimum Gasteiger partial charge on any atom is -0.336 e. The standard InChI is InChI=1S/C21H25N/c1-7-16(4)11-12-17(5)14-22-20(15(2)3)13-19-10-8-9-18(6)21(19)22/h7-13H,1-2,14H2,3-6H3/b16-11-,17-12+. The van der Waals surface area contributed by atoms with Gasteiger partial charge in [0.05, 0.1) is 5.52 Å². The van der Waals surface area contributed by atoms with Gasteiger partial charge < -0.3 is 4.57 Å². The van der Waals surface area contributed by atoms with Crippen LogP contribution < -0.4 is 0 Å². The molecule has 22 heavy (non-hydrogen) atoms. The maximum absolute atomic E-state index is 4.14. The van der Waals surface area contributed by atoms with E-state index in [0.717, 1.165) is 12.1 Å². The molecule has 114 valence electrons. The van der Waals surface area contributed by atoms with Crippen LogP contribution in [0.2, 0.25) is 0 Å². The smallest absolute Gasteiger partial charge is 0.0517 e. The summed E-state index contributed by atoms with van der Waals surface area (Å²) in [5, 5.41) is 1.28. The number of aryl methyl sites for hydroxylation is 1. The van der Waals surface area contributed by atoms with Gasteiger partial charge >= 0.3 is 0 Å². The van der Waals surface area contributed by atoms with Crippen molar-refractivity contribution in [1.29, 1.82) is 0 Å². The molecule has 1 heterocycles. The molecule has 0 fully saturated rings. The average molecular weight is 291 g/mol. The lowest BCUT2D eigenvalue weighted by Crippen LogP contribution is -2.03. The molecule has 0 amide bonds. The quantitative estimate of drug-likeness (QED) is 0.590. The van der Waals surface area contributed by atoms with E-state index >= 15 is 0 Å². The van der Waals surface area contributed by atoms with E-state index in [1.807, 2.05) is 6.08 Å². The second-order valence-electron chi connectivity index (χ2n) is 6.04. The Morgan fingerprint density at radius 1 is 1.18 bits per heavy atom. The molecule has 0 aliphatic carbocycles. The van der Waals surface area contributed by atoms with E-state index in [0.29, 0.717) is 0 Å². The molecule has 0 aliphatic rings. The molecule has 2 aromatic rings. The normalized spacial score (nSPS) is 12.7. The Labute approximate surface area is 134 Å². The van der Waals surface area contributed by atoms with Crippen LogP contribution in [-0.4, -0.2) is 4.57 Å². The fourth-order valence-electron chi connectivity index (χ4n) is 2.67. The number of hydrogen-bond acceptors (Lipinski definition) is 0. The van der Waals surface area contributed by atoms with Crippen LogP contribution in [0.25, 0.3) is 16.5 Å². The van der Waals surface area contributed by atoms with E-state index < -0.39 is 0 Å². The molecule has 0 atom stereocenters. The zero-order chi connectivity index (χ0) is 16.3. The van der Waals surface area contributed by atoms with Gasteiger partial charge in [0.1, 0.15) is 0 Å². The topological polar surface area (TPSA) is 4.93 Å². The second-order valence-corrected chi connectivity index (χ2v) is 6.04. The van der Waals surface area contributed by atoms with Crippen LogP contribution in [0.1, 0.15) is 32.0 Å². The molecule has 0 N–H and O–H groups in total. The third kappa shape index (κ3) is 3.30. The monoisotopic (exact) mass is 291 g/mol. The Hall–Kier alpha value is -2.28. The second kappa shape index (κ2) is 6.65. The van der Waals surface area contributed by atoms with Crippen molar-refractivity contribution in [2.75, 3.05) is 0 Å². The third-order valence-corrected chi connectivity index (χ3v) is 3.92. The Morgan fingerprint density at radius 3 is 2.55 bits per heavy atom. The molecule has 0 aliphatic heterocycles. The molecule has 1 heteroatoms. The fourth-order valence-corrected chi connectivity index (χ4v) is 2.67. The number of hydrogen-bond donors (Lipinski definition) is 0. The summed E-state index contributed by atoms with van der Waals surface area (Å²) < 4.78 is 2.37. The van der Waals surface area contributed by atoms with Gasteiger partial charge in [-0.3, -0.25) is 0 Å². The number of benzene rings is 1. The van der Waals surface area contributed by atoms with Gasteiger partial charge in [0.25, 0.3) is 0 Å². The maximum atomic E-state index is 4.14. The van der Waals surface area contributed by atoms with Crippen molar-refractivity contribution in [2.45, 2.75) is 34.2 Å². The van der Waals surface area contributed by atoms with Crippen molar-refractivity contribution >= 4 is 16.5 Å². The van der Waals surface area contributed by atoms with E-state index in [1.165, 1.54) is 33.3 Å². The summed E-state index contributed by atoms with van der Waals surface area (Å²) in [5.74, 6) is 0. The third-order valence-electron chi connectivity index (χ3n) is 3.92. The molecule has 0 bridgehead atoms. The van der Waals surface area contributed by atoms with Gasteiger partial charge in [0, 0.05) is 17.6 Å². The van der Waals surface area contributed by atoms with Crippen molar-refractivity contribution in [3.8, 4) is 0 Å². The lowest BCUT2D eigenvalue weighted by Gasteiger charge is -2.12. The van der Waals surface area contributed by atoms with E-state index in [9.17, 15) is 0 Å². The van der Waals surface area contributed by atoms with Crippen LogP contribution in [0.4, 0.5) is 0 Å². The van der Waals surface area contributed by atoms with Crippen molar-refractivity contribution in [2.24, 2.45) is 0 Å². The summed E-state index contributed by atoms with van der Waals surface area (Å²) in [5.41, 5.74) is 7.40. The number of rotatable bonds is 5. The predicted octanol–water partition coefficient (Wildman–Crippen LogP) is 6.06. The highest BCUT2D eigenvalue weighted by Gasteiger charge is 2.11. The summed E-state index contributed by atoms with van der Waals surface area (Å²) in [4.78, 5) is 0. The van der Waals surface area contributed by atoms with Crippen LogP contribution in [0.5, 0.6) is 0 Å². The van der Waals surface area contributed by atoms with E-state index in [1.54, 1.807) is 0 Å². The molecule has 0 saturated carbocycles. The van der Waals surface area contributed by atoms with Gasteiger partial charge in [-0.25, -0.2) is 0 Å². The molecular formula is C21H25N. The molecule has 0 saturated heterocycles. The lowest BCUT2D eigenvalue weighted by atomic mass is 10.1. The molecule has 1 aromatic heterocycles. The largest absolute Gasteiger partial charge is 0.336 e. The molecule has 1 nitrogen and oxygen atoms in total. The summed E-state index contributed by atoms with van der Waals surface area (Å²) >= 11 is 0. The van der Waals surface area contributed by atoms with Gasteiger partial charge in [-0.2, -0.15) is 0 Å². The first-order chi connectivity index (χ1) is 10.4. The molecule has 1 aromatic carbocycles. The van der Waals surface area contributed by atoms with E-state index in [4.69, 9.17) is 0 Å². The molecule has 0 unspecified atom stereocenters. The maximum Gasteiger partial charge on any atom is 0.0517 e. The van der Waals surface area contributed by atoms with E-state index in [-0.39, 0.29) is 0 Å². The first-order valence-corrected chi connectivity index (χ1v) is 7.65. The minimum absolute atomic E-state index is 0.872. The number of allylic oxidation sites excluding steroid dienone is 6. The van der Waals surface area contributed by atoms with Gasteiger partial charge in [-0.05, 0) is 44.9 Å². The Kier molecular flexibility index (Phi) is 4.87. The Morgan fingerprint density at radius 2 is 1.91 bits per heavy atom. The number of para-hydroxylation sites is 1. The first-order valence-electron chi connectivity index (χ1n) is 7.65. The van der Waals surface area contributed by atoms with Crippen molar-refractivity contribution in [3.05, 3.63) is 78.1 Å². The van der Waals surface area contributed by atoms with Crippen LogP contribution >= 0.6 is 0 Å². The van der Waals surface area contributed by atoms with Crippen LogP contribution in [0.15, 0.2) is 66.8 Å². The predicted molar refractivity (Wildman–Crippen MR) is 99.1 cm³/mol. The Bertz CT molecular complexity index is 782. The van der Waals surface area contributed by atoms with Crippen LogP contribution in [0, 0.1) is 6.92 Å². The SMILES string of the molecule is C=C/C(C)=C\C=C(/C)Cn1c(C(=C)C)cc2cccc(C)c21. The van der Waals surface area contributed by atoms with Crippen LogP contribution in [-0.2, 0) is 6.54 Å². The summed E-state index contributed by atoms with van der Waals surface area (Å²) in [6.45, 7) is 17.3. The highest BCUT2D eigenvalue weighted by atomic mass is 15.0. The highest BCUT2D eigenvalue weighted by Crippen LogP contribution is 2.27. The molecule has 2 rings (SSSR count). The fraction of sp³-hybridized carbons (Fsp3) is 0.238. The molecule has 0 radical (unpaired) electrons. The van der Waals surface area contributed by atoms with Gasteiger partial charge in [0.2, 0.25) is 0 Å². The van der Waals surface area contributed by atoms with Crippen molar-refractivity contribution in [1.82, 2.24) is 4.57 Å². The minimum atomic E-state index is 0.872. The lowest BCUT2D eigenvalue weighted by molar-refractivity contribution is 0.805. The first kappa shape index (κ1) is 16.1. The van der Waals surface area contributed by atoms with Gasteiger partial charge in [-0.15, -0.1) is 0 Å². The van der Waals surface area contributed by atoms with Crippen molar-refractivity contribution in [3.63, 3.8) is 0 Å². The van der Waals surface area contributed by atoms with Gasteiger partial charge in [-0.1, -0.05) is 60.7 Å². The summed E-state index contributed by atoms with van der Waals surface area (Å²) in [6, 6.07) is 8.69. The zero-order valence-corrected chi connectivity index (χ0v) is 14.1. The van der Waals surface area contributed by atoms with Crippen LogP contribution in [0.3, 0.4) is 0 Å². The molecular weight excluding hydrogens is 266 g/mol. The summed E-state index contributed by atoms with van der Waals surface area (Å²) in [7, 11) is 0. The van der Waals surface area contributed by atoms with E-state index in [2.05, 4.69) is 81.8 Å². The number of fused-ring (bicyclic) bond motifs is 1. The number of nitrogens with zero attached hydrogens (tertiary/aromatic N) is 1. The number of aromatic nitrogens is 1. The Balaban J connectivity index is 2.52. The molecule has 0 spiro atoms.